The molecule has 0 N–H and O–H groups in total. The van der Waals surface area contributed by atoms with Gasteiger partial charge in [-0.25, -0.2) is 0 Å². The van der Waals surface area contributed by atoms with Crippen LogP contribution in [0.25, 0.3) is 0 Å². The number of benzene rings is 2. The fraction of sp³-hybridized carbons (Fsp3) is 0.613. The van der Waals surface area contributed by atoms with Crippen LogP contribution in [0.1, 0.15) is 56.1 Å². The van der Waals surface area contributed by atoms with Crippen LogP contribution in [0.3, 0.4) is 0 Å². The molecule has 6 heteroatoms. The van der Waals surface area contributed by atoms with Crippen molar-refractivity contribution in [1.29, 1.82) is 0 Å². The summed E-state index contributed by atoms with van der Waals surface area (Å²) in [6, 6.07) is 20.6. The maximum Gasteiger partial charge on any atom is 0.108 e. The summed E-state index contributed by atoms with van der Waals surface area (Å²) in [7, 11) is 0. The molecule has 0 aliphatic carbocycles. The van der Waals surface area contributed by atoms with Gasteiger partial charge in [0.25, 0.3) is 0 Å². The highest BCUT2D eigenvalue weighted by atomic mass is 16.6. The van der Waals surface area contributed by atoms with Crippen molar-refractivity contribution in [2.75, 3.05) is 13.2 Å². The third-order valence-electron chi connectivity index (χ3n) is 8.28. The summed E-state index contributed by atoms with van der Waals surface area (Å²) in [5.74, 6) is 0. The Morgan fingerprint density at radius 2 is 1.24 bits per heavy atom. The quantitative estimate of drug-likeness (QED) is 0.511. The zero-order valence-electron chi connectivity index (χ0n) is 21.6. The monoisotopic (exact) mass is 508 g/mol. The molecule has 8 atom stereocenters. The first-order valence-electron chi connectivity index (χ1n) is 14.2. The van der Waals surface area contributed by atoms with Crippen LogP contribution in [-0.4, -0.2) is 62.0 Å². The van der Waals surface area contributed by atoms with Crippen LogP contribution >= 0.6 is 0 Å². The summed E-state index contributed by atoms with van der Waals surface area (Å²) in [6.07, 6.45) is 7.38. The molecule has 0 bridgehead atoms. The molecule has 4 aliphatic heterocycles. The Balaban J connectivity index is 1.12. The number of fused-ring (bicyclic) bond motifs is 3. The molecule has 4 aliphatic rings. The summed E-state index contributed by atoms with van der Waals surface area (Å²) in [6.45, 7) is 2.45. The third kappa shape index (κ3) is 6.44. The molecule has 2 aromatic rings. The highest BCUT2D eigenvalue weighted by molar-refractivity contribution is 5.14. The van der Waals surface area contributed by atoms with Crippen LogP contribution in [0.4, 0.5) is 0 Å². The van der Waals surface area contributed by atoms with E-state index in [-0.39, 0.29) is 48.8 Å². The van der Waals surface area contributed by atoms with Gasteiger partial charge in [0.15, 0.2) is 0 Å². The zero-order chi connectivity index (χ0) is 24.9. The van der Waals surface area contributed by atoms with Crippen molar-refractivity contribution in [1.82, 2.24) is 0 Å². The van der Waals surface area contributed by atoms with Crippen LogP contribution in [0.2, 0.25) is 0 Å². The smallest absolute Gasteiger partial charge is 0.108 e. The first-order chi connectivity index (χ1) is 18.3. The van der Waals surface area contributed by atoms with E-state index in [9.17, 15) is 0 Å². The fourth-order valence-corrected chi connectivity index (χ4v) is 6.32. The predicted molar refractivity (Wildman–Crippen MR) is 139 cm³/mol. The molecule has 0 amide bonds. The zero-order valence-corrected chi connectivity index (χ0v) is 21.6. The van der Waals surface area contributed by atoms with Crippen molar-refractivity contribution in [3.8, 4) is 0 Å². The van der Waals surface area contributed by atoms with E-state index in [1.165, 1.54) is 5.56 Å². The number of ether oxygens (including phenoxy) is 6. The first-order valence-corrected chi connectivity index (χ1v) is 14.2. The average Bonchev–Trinajstić information content (AvgIpc) is 2.93. The van der Waals surface area contributed by atoms with E-state index in [4.69, 9.17) is 28.4 Å². The molecule has 6 nitrogen and oxygen atoms in total. The van der Waals surface area contributed by atoms with Gasteiger partial charge >= 0.3 is 0 Å². The summed E-state index contributed by atoms with van der Waals surface area (Å²) in [5.41, 5.74) is 2.33. The lowest BCUT2D eigenvalue weighted by molar-refractivity contribution is -0.267. The lowest BCUT2D eigenvalue weighted by Gasteiger charge is -2.48. The van der Waals surface area contributed by atoms with Crippen LogP contribution in [-0.2, 0) is 41.6 Å². The molecule has 0 aromatic heterocycles. The molecule has 0 saturated carbocycles. The van der Waals surface area contributed by atoms with Gasteiger partial charge < -0.3 is 28.4 Å². The SMILES string of the molecule is c1ccc(COC[C@H]2O[C@H]3CCC[C@H]4O[C@H]5CCCO[C@@H]5C[C@H]4O[C@@H]3C[C@@H]2OCc2ccccc2)cc1. The second-order valence-electron chi connectivity index (χ2n) is 10.9. The minimum absolute atomic E-state index is 0.0114. The van der Waals surface area contributed by atoms with Gasteiger partial charge in [0.05, 0.1) is 62.5 Å². The number of hydrogen-bond acceptors (Lipinski definition) is 6. The van der Waals surface area contributed by atoms with Gasteiger partial charge in [-0.05, 0) is 43.2 Å². The molecule has 200 valence electrons. The van der Waals surface area contributed by atoms with Crippen molar-refractivity contribution < 1.29 is 28.4 Å². The summed E-state index contributed by atoms with van der Waals surface area (Å²) >= 11 is 0. The van der Waals surface area contributed by atoms with Gasteiger partial charge in [0, 0.05) is 19.4 Å². The van der Waals surface area contributed by atoms with Crippen LogP contribution in [0.15, 0.2) is 60.7 Å². The topological polar surface area (TPSA) is 55.4 Å². The average molecular weight is 509 g/mol. The van der Waals surface area contributed by atoms with Crippen molar-refractivity contribution in [2.45, 2.75) is 107 Å². The van der Waals surface area contributed by atoms with E-state index >= 15 is 0 Å². The molecular formula is C31H40O6. The minimum Gasteiger partial charge on any atom is -0.375 e. The minimum atomic E-state index is -0.124. The Morgan fingerprint density at radius 3 is 2.03 bits per heavy atom. The lowest BCUT2D eigenvalue weighted by atomic mass is 9.87. The van der Waals surface area contributed by atoms with Crippen LogP contribution in [0, 0.1) is 0 Å². The van der Waals surface area contributed by atoms with Crippen molar-refractivity contribution in [3.63, 3.8) is 0 Å². The molecule has 4 heterocycles. The maximum atomic E-state index is 6.80. The molecule has 4 saturated heterocycles. The Morgan fingerprint density at radius 1 is 0.622 bits per heavy atom. The van der Waals surface area contributed by atoms with Gasteiger partial charge in [-0.15, -0.1) is 0 Å². The summed E-state index contributed by atoms with van der Waals surface area (Å²) < 4.78 is 38.7. The molecule has 37 heavy (non-hydrogen) atoms. The molecule has 0 spiro atoms. The number of hydrogen-bond donors (Lipinski definition) is 0. The molecule has 2 aromatic carbocycles. The molecule has 4 fully saturated rings. The Hall–Kier alpha value is -1.80. The molecular weight excluding hydrogens is 468 g/mol. The molecule has 0 radical (unpaired) electrons. The van der Waals surface area contributed by atoms with Gasteiger partial charge in [-0.3, -0.25) is 0 Å². The summed E-state index contributed by atoms with van der Waals surface area (Å²) in [5, 5.41) is 0. The van der Waals surface area contributed by atoms with Crippen molar-refractivity contribution in [3.05, 3.63) is 71.8 Å². The first kappa shape index (κ1) is 25.5. The standard InChI is InChI=1S/C31H40O6/c1-3-9-22(10-4-1)19-32-21-31-28(34-20-23-11-5-2-6-12-23)18-30-26(36-31)14-7-13-25-29(37-30)17-27-24(35-25)15-8-16-33-27/h1-6,9-12,24-31H,7-8,13-21H2/t24-,25+,26-,27+,28-,29+,30+,31+/m0/s1. The molecule has 6 rings (SSSR count). The third-order valence-corrected chi connectivity index (χ3v) is 8.28. The highest BCUT2D eigenvalue weighted by Crippen LogP contribution is 2.38. The lowest BCUT2D eigenvalue weighted by Crippen LogP contribution is -2.57. The van der Waals surface area contributed by atoms with Gasteiger partial charge in [-0.1, -0.05) is 60.7 Å². The largest absolute Gasteiger partial charge is 0.375 e. The number of rotatable bonds is 7. The van der Waals surface area contributed by atoms with Gasteiger partial charge in [0.1, 0.15) is 6.10 Å². The maximum absolute atomic E-state index is 6.80. The summed E-state index contributed by atoms with van der Waals surface area (Å²) in [4.78, 5) is 0. The van der Waals surface area contributed by atoms with Crippen LogP contribution in [0.5, 0.6) is 0 Å². The van der Waals surface area contributed by atoms with E-state index in [2.05, 4.69) is 24.3 Å². The van der Waals surface area contributed by atoms with Crippen LogP contribution < -0.4 is 0 Å². The second-order valence-corrected chi connectivity index (χ2v) is 10.9. The Bertz CT molecular complexity index is 955. The Labute approximate surface area is 220 Å². The predicted octanol–water partition coefficient (Wildman–Crippen LogP) is 5.22. The van der Waals surface area contributed by atoms with E-state index in [0.717, 1.165) is 57.1 Å². The second kappa shape index (κ2) is 12.4. The van der Waals surface area contributed by atoms with E-state index in [1.54, 1.807) is 0 Å². The van der Waals surface area contributed by atoms with E-state index in [0.29, 0.717) is 19.8 Å². The van der Waals surface area contributed by atoms with Crippen molar-refractivity contribution in [2.24, 2.45) is 0 Å². The van der Waals surface area contributed by atoms with Crippen molar-refractivity contribution >= 4 is 0 Å². The highest BCUT2D eigenvalue weighted by Gasteiger charge is 2.46. The van der Waals surface area contributed by atoms with E-state index in [1.807, 2.05) is 36.4 Å². The van der Waals surface area contributed by atoms with Gasteiger partial charge in [0.2, 0.25) is 0 Å². The fourth-order valence-electron chi connectivity index (χ4n) is 6.32. The Kier molecular flexibility index (Phi) is 8.52. The normalized spacial score (nSPS) is 35.9. The molecule has 0 unspecified atom stereocenters. The van der Waals surface area contributed by atoms with Gasteiger partial charge in [-0.2, -0.15) is 0 Å². The van der Waals surface area contributed by atoms with E-state index < -0.39 is 0 Å².